The minimum Gasteiger partial charge on any atom is -0.497 e. The molecule has 0 aliphatic carbocycles. The summed E-state index contributed by atoms with van der Waals surface area (Å²) in [5, 5.41) is 2.88. The number of oxazole rings is 1. The number of nitrogens with zero attached hydrogens (tertiary/aromatic N) is 1. The van der Waals surface area contributed by atoms with E-state index in [1.165, 1.54) is 0 Å². The molecule has 1 heterocycles. The molecule has 7 heteroatoms. The highest BCUT2D eigenvalue weighted by molar-refractivity contribution is 9.10. The molecular weight excluding hydrogens is 436 g/mol. The van der Waals surface area contributed by atoms with Crippen LogP contribution in [-0.2, 0) is 0 Å². The molecule has 4 aromatic rings. The van der Waals surface area contributed by atoms with Crippen molar-refractivity contribution in [3.8, 4) is 23.0 Å². The number of methoxy groups -OCH3 is 2. The highest BCUT2D eigenvalue weighted by atomic mass is 79.9. The van der Waals surface area contributed by atoms with Crippen molar-refractivity contribution < 1.29 is 18.7 Å². The summed E-state index contributed by atoms with van der Waals surface area (Å²) in [7, 11) is 3.20. The Morgan fingerprint density at radius 2 is 1.79 bits per heavy atom. The number of anilines is 1. The van der Waals surface area contributed by atoms with Gasteiger partial charge in [-0.15, -0.1) is 0 Å². The lowest BCUT2D eigenvalue weighted by Gasteiger charge is -2.06. The summed E-state index contributed by atoms with van der Waals surface area (Å²) in [6.45, 7) is 0. The normalized spacial score (nSPS) is 10.7. The van der Waals surface area contributed by atoms with Crippen LogP contribution in [0.5, 0.6) is 11.5 Å². The second-order valence-corrected chi connectivity index (χ2v) is 7.09. The number of aromatic nitrogens is 1. The molecule has 3 aromatic carbocycles. The monoisotopic (exact) mass is 452 g/mol. The van der Waals surface area contributed by atoms with Crippen LogP contribution in [0.4, 0.5) is 5.69 Å². The molecule has 6 nitrogen and oxygen atoms in total. The fraction of sp³-hybridized carbons (Fsp3) is 0.0909. The Morgan fingerprint density at radius 1 is 1.00 bits per heavy atom. The fourth-order valence-electron chi connectivity index (χ4n) is 2.87. The number of nitrogens with one attached hydrogen (secondary N) is 1. The number of carbonyl (C=O) groups excluding carboxylic acids is 1. The molecule has 0 saturated heterocycles. The summed E-state index contributed by atoms with van der Waals surface area (Å²) in [5.74, 6) is 1.70. The highest BCUT2D eigenvalue weighted by Gasteiger charge is 2.12. The van der Waals surface area contributed by atoms with E-state index >= 15 is 0 Å². The number of amides is 1. The Balaban J connectivity index is 1.58. The van der Waals surface area contributed by atoms with Gasteiger partial charge < -0.3 is 19.2 Å². The standard InChI is InChI=1S/C22H17BrN2O4/c1-27-16-7-3-13(4-8-16)21(26)24-15-6-10-20-18(12-15)25-22(29-20)14-5-9-19(28-2)17(23)11-14/h3-12H,1-2H3,(H,24,26). The van der Waals surface area contributed by atoms with Crippen molar-refractivity contribution >= 4 is 38.6 Å². The second-order valence-electron chi connectivity index (χ2n) is 6.23. The number of carbonyl (C=O) groups is 1. The van der Waals surface area contributed by atoms with E-state index in [1.807, 2.05) is 18.2 Å². The van der Waals surface area contributed by atoms with Crippen LogP contribution < -0.4 is 14.8 Å². The van der Waals surface area contributed by atoms with E-state index < -0.39 is 0 Å². The van der Waals surface area contributed by atoms with Gasteiger partial charge in [0.2, 0.25) is 5.89 Å². The van der Waals surface area contributed by atoms with Crippen molar-refractivity contribution in [1.82, 2.24) is 4.98 Å². The summed E-state index contributed by atoms with van der Waals surface area (Å²) < 4.78 is 17.0. The number of rotatable bonds is 5. The molecule has 1 amide bonds. The maximum atomic E-state index is 12.5. The van der Waals surface area contributed by atoms with E-state index in [9.17, 15) is 4.79 Å². The third kappa shape index (κ3) is 3.95. The minimum atomic E-state index is -0.213. The minimum absolute atomic E-state index is 0.213. The van der Waals surface area contributed by atoms with E-state index in [-0.39, 0.29) is 5.91 Å². The van der Waals surface area contributed by atoms with Crippen LogP contribution in [0.3, 0.4) is 0 Å². The quantitative estimate of drug-likeness (QED) is 0.431. The summed E-state index contributed by atoms with van der Waals surface area (Å²) in [6.07, 6.45) is 0. The van der Waals surface area contributed by atoms with Gasteiger partial charge in [-0.3, -0.25) is 4.79 Å². The van der Waals surface area contributed by atoms with Crippen molar-refractivity contribution in [3.05, 3.63) is 70.7 Å². The first-order chi connectivity index (χ1) is 14.1. The van der Waals surface area contributed by atoms with E-state index in [1.54, 1.807) is 56.7 Å². The average molecular weight is 453 g/mol. The summed E-state index contributed by atoms with van der Waals surface area (Å²) in [5.41, 5.74) is 3.27. The zero-order chi connectivity index (χ0) is 20.4. The Kier molecular flexibility index (Phi) is 5.22. The number of halogens is 1. The van der Waals surface area contributed by atoms with Gasteiger partial charge in [-0.05, 0) is 76.6 Å². The van der Waals surface area contributed by atoms with Gasteiger partial charge >= 0.3 is 0 Å². The topological polar surface area (TPSA) is 73.6 Å². The van der Waals surface area contributed by atoms with Gasteiger partial charge in [0.05, 0.1) is 18.7 Å². The molecule has 146 valence electrons. The van der Waals surface area contributed by atoms with E-state index in [4.69, 9.17) is 13.9 Å². The Labute approximate surface area is 175 Å². The van der Waals surface area contributed by atoms with Crippen LogP contribution in [0, 0.1) is 0 Å². The van der Waals surface area contributed by atoms with E-state index in [0.717, 1.165) is 15.8 Å². The number of hydrogen-bond acceptors (Lipinski definition) is 5. The van der Waals surface area contributed by atoms with Gasteiger partial charge in [0.15, 0.2) is 5.58 Å². The predicted octanol–water partition coefficient (Wildman–Crippen LogP) is 5.53. The Bertz CT molecular complexity index is 1190. The van der Waals surface area contributed by atoms with E-state index in [0.29, 0.717) is 34.0 Å². The number of fused-ring (bicyclic) bond motifs is 1. The molecule has 1 N–H and O–H groups in total. The maximum absolute atomic E-state index is 12.5. The molecule has 0 aliphatic heterocycles. The molecule has 0 fully saturated rings. The average Bonchev–Trinajstić information content (AvgIpc) is 3.17. The molecule has 0 unspecified atom stereocenters. The second kappa shape index (κ2) is 7.97. The Hall–Kier alpha value is -3.32. The highest BCUT2D eigenvalue weighted by Crippen LogP contribution is 2.32. The van der Waals surface area contributed by atoms with Gasteiger partial charge in [-0.1, -0.05) is 0 Å². The predicted molar refractivity (Wildman–Crippen MR) is 115 cm³/mol. The van der Waals surface area contributed by atoms with Crippen LogP contribution in [0.1, 0.15) is 10.4 Å². The molecular formula is C22H17BrN2O4. The van der Waals surface area contributed by atoms with Crippen LogP contribution in [0.2, 0.25) is 0 Å². The van der Waals surface area contributed by atoms with Gasteiger partial charge in [0.25, 0.3) is 5.91 Å². The largest absolute Gasteiger partial charge is 0.497 e. The smallest absolute Gasteiger partial charge is 0.255 e. The Morgan fingerprint density at radius 3 is 2.48 bits per heavy atom. The molecule has 29 heavy (non-hydrogen) atoms. The third-order valence-corrected chi connectivity index (χ3v) is 5.02. The molecule has 1 aromatic heterocycles. The zero-order valence-corrected chi connectivity index (χ0v) is 17.3. The van der Waals surface area contributed by atoms with Crippen LogP contribution in [0.15, 0.2) is 69.6 Å². The van der Waals surface area contributed by atoms with Crippen molar-refractivity contribution in [2.24, 2.45) is 0 Å². The van der Waals surface area contributed by atoms with Gasteiger partial charge in [-0.2, -0.15) is 0 Å². The fourth-order valence-corrected chi connectivity index (χ4v) is 3.41. The third-order valence-electron chi connectivity index (χ3n) is 4.40. The molecule has 0 atom stereocenters. The lowest BCUT2D eigenvalue weighted by Crippen LogP contribution is -2.11. The SMILES string of the molecule is COc1ccc(C(=O)Nc2ccc3oc(-c4ccc(OC)c(Br)c4)nc3c2)cc1. The van der Waals surface area contributed by atoms with Crippen LogP contribution >= 0.6 is 15.9 Å². The summed E-state index contributed by atoms with van der Waals surface area (Å²) in [6, 6.07) is 17.9. The zero-order valence-electron chi connectivity index (χ0n) is 15.7. The molecule has 0 aliphatic rings. The number of ether oxygens (including phenoxy) is 2. The van der Waals surface area contributed by atoms with Crippen molar-refractivity contribution in [3.63, 3.8) is 0 Å². The molecule has 4 rings (SSSR count). The van der Waals surface area contributed by atoms with Gasteiger partial charge in [-0.25, -0.2) is 4.98 Å². The van der Waals surface area contributed by atoms with Gasteiger partial charge in [0, 0.05) is 16.8 Å². The lowest BCUT2D eigenvalue weighted by atomic mass is 10.2. The molecule has 0 saturated carbocycles. The molecule has 0 spiro atoms. The number of hydrogen-bond donors (Lipinski definition) is 1. The van der Waals surface area contributed by atoms with Crippen molar-refractivity contribution in [1.29, 1.82) is 0 Å². The lowest BCUT2D eigenvalue weighted by molar-refractivity contribution is 0.102. The molecule has 0 bridgehead atoms. The van der Waals surface area contributed by atoms with Crippen molar-refractivity contribution in [2.75, 3.05) is 19.5 Å². The number of benzene rings is 3. The maximum Gasteiger partial charge on any atom is 0.255 e. The first kappa shape index (κ1) is 19.0. The first-order valence-corrected chi connectivity index (χ1v) is 9.56. The van der Waals surface area contributed by atoms with Crippen LogP contribution in [0.25, 0.3) is 22.6 Å². The summed E-state index contributed by atoms with van der Waals surface area (Å²) in [4.78, 5) is 17.0. The first-order valence-electron chi connectivity index (χ1n) is 8.77. The van der Waals surface area contributed by atoms with Crippen LogP contribution in [-0.4, -0.2) is 25.1 Å². The summed E-state index contributed by atoms with van der Waals surface area (Å²) >= 11 is 3.47. The molecule has 0 radical (unpaired) electrons. The van der Waals surface area contributed by atoms with E-state index in [2.05, 4.69) is 26.2 Å². The van der Waals surface area contributed by atoms with Gasteiger partial charge in [0.1, 0.15) is 17.0 Å². The van der Waals surface area contributed by atoms with Crippen molar-refractivity contribution in [2.45, 2.75) is 0 Å².